The highest BCUT2D eigenvalue weighted by Crippen LogP contribution is 2.32. The summed E-state index contributed by atoms with van der Waals surface area (Å²) in [6, 6.07) is 0.661. The van der Waals surface area contributed by atoms with E-state index >= 15 is 0 Å². The van der Waals surface area contributed by atoms with Crippen LogP contribution in [-0.4, -0.2) is 29.6 Å². The largest absolute Gasteiger partial charge is 0.330 e. The Morgan fingerprint density at radius 3 is 2.46 bits per heavy atom. The van der Waals surface area contributed by atoms with E-state index in [9.17, 15) is 0 Å². The molecule has 0 amide bonds. The number of likely N-dealkylation sites (tertiary alicyclic amines) is 1. The van der Waals surface area contributed by atoms with Crippen molar-refractivity contribution < 1.29 is 0 Å². The Balaban J connectivity index is 2.62. The van der Waals surface area contributed by atoms with Gasteiger partial charge in [0.05, 0.1) is 0 Å². The molecule has 1 heterocycles. The Labute approximate surface area is 82.5 Å². The van der Waals surface area contributed by atoms with Crippen LogP contribution in [0.15, 0.2) is 0 Å². The summed E-state index contributed by atoms with van der Waals surface area (Å²) in [6.07, 6.45) is 2.53. The van der Waals surface area contributed by atoms with E-state index in [1.54, 1.807) is 0 Å². The molecule has 1 rings (SSSR count). The topological polar surface area (TPSA) is 29.3 Å². The monoisotopic (exact) mass is 184 g/mol. The first-order valence-electron chi connectivity index (χ1n) is 5.44. The van der Waals surface area contributed by atoms with E-state index in [1.807, 2.05) is 0 Å². The summed E-state index contributed by atoms with van der Waals surface area (Å²) in [7, 11) is 0. The van der Waals surface area contributed by atoms with Gasteiger partial charge < -0.3 is 5.73 Å². The van der Waals surface area contributed by atoms with Crippen LogP contribution in [0.2, 0.25) is 0 Å². The molecule has 0 saturated carbocycles. The van der Waals surface area contributed by atoms with E-state index < -0.39 is 0 Å². The fourth-order valence-electron chi connectivity index (χ4n) is 2.71. The summed E-state index contributed by atoms with van der Waals surface area (Å²) >= 11 is 0. The van der Waals surface area contributed by atoms with E-state index in [1.165, 1.54) is 19.4 Å². The maximum Gasteiger partial charge on any atom is 0.0159 e. The second-order valence-electron chi connectivity index (χ2n) is 5.19. The summed E-state index contributed by atoms with van der Waals surface area (Å²) in [5.41, 5.74) is 6.07. The van der Waals surface area contributed by atoms with E-state index in [4.69, 9.17) is 5.73 Å². The third-order valence-corrected chi connectivity index (χ3v) is 3.30. The van der Waals surface area contributed by atoms with Gasteiger partial charge in [0, 0.05) is 11.6 Å². The van der Waals surface area contributed by atoms with Crippen LogP contribution in [0, 0.1) is 5.92 Å². The molecule has 0 aromatic carbocycles. The van der Waals surface area contributed by atoms with Gasteiger partial charge in [-0.15, -0.1) is 0 Å². The standard InChI is InChI=1S/C11H24N2/c1-9(2)13-6-5-10(8-12)7-11(13,3)4/h9-10H,5-8,12H2,1-4H3. The Hall–Kier alpha value is -0.0800. The minimum absolute atomic E-state index is 0.344. The summed E-state index contributed by atoms with van der Waals surface area (Å²) in [5, 5.41) is 0. The summed E-state index contributed by atoms with van der Waals surface area (Å²) in [6.45, 7) is 11.3. The molecule has 13 heavy (non-hydrogen) atoms. The van der Waals surface area contributed by atoms with Gasteiger partial charge in [-0.1, -0.05) is 0 Å². The van der Waals surface area contributed by atoms with Crippen molar-refractivity contribution in [2.24, 2.45) is 11.7 Å². The van der Waals surface area contributed by atoms with Crippen LogP contribution >= 0.6 is 0 Å². The first-order chi connectivity index (χ1) is 5.97. The summed E-state index contributed by atoms with van der Waals surface area (Å²) < 4.78 is 0. The number of rotatable bonds is 2. The van der Waals surface area contributed by atoms with Crippen LogP contribution in [0.3, 0.4) is 0 Å². The molecular formula is C11H24N2. The van der Waals surface area contributed by atoms with Crippen LogP contribution in [-0.2, 0) is 0 Å². The number of nitrogens with two attached hydrogens (primary N) is 1. The first-order valence-corrected chi connectivity index (χ1v) is 5.44. The molecular weight excluding hydrogens is 160 g/mol. The van der Waals surface area contributed by atoms with Gasteiger partial charge in [-0.05, 0) is 59.5 Å². The van der Waals surface area contributed by atoms with Gasteiger partial charge in [0.1, 0.15) is 0 Å². The summed E-state index contributed by atoms with van der Waals surface area (Å²) in [5.74, 6) is 0.741. The Kier molecular flexibility index (Phi) is 3.36. The minimum atomic E-state index is 0.344. The molecule has 2 nitrogen and oxygen atoms in total. The van der Waals surface area contributed by atoms with Crippen molar-refractivity contribution in [2.75, 3.05) is 13.1 Å². The third-order valence-electron chi connectivity index (χ3n) is 3.30. The zero-order valence-electron chi connectivity index (χ0n) is 9.51. The number of piperidine rings is 1. The molecule has 1 fully saturated rings. The molecule has 0 aliphatic carbocycles. The molecule has 1 saturated heterocycles. The molecule has 0 bridgehead atoms. The van der Waals surface area contributed by atoms with Crippen LogP contribution in [0.5, 0.6) is 0 Å². The molecule has 0 spiro atoms. The van der Waals surface area contributed by atoms with Gasteiger partial charge in [0.25, 0.3) is 0 Å². The number of hydrogen-bond donors (Lipinski definition) is 1. The number of hydrogen-bond acceptors (Lipinski definition) is 2. The van der Waals surface area contributed by atoms with Gasteiger partial charge in [0.15, 0.2) is 0 Å². The predicted molar refractivity (Wildman–Crippen MR) is 57.7 cm³/mol. The Morgan fingerprint density at radius 1 is 1.46 bits per heavy atom. The molecule has 2 heteroatoms. The number of nitrogens with zero attached hydrogens (tertiary/aromatic N) is 1. The smallest absolute Gasteiger partial charge is 0.0159 e. The van der Waals surface area contributed by atoms with Crippen molar-refractivity contribution >= 4 is 0 Å². The molecule has 2 N–H and O–H groups in total. The molecule has 1 aliphatic heterocycles. The average molecular weight is 184 g/mol. The van der Waals surface area contributed by atoms with Crippen LogP contribution < -0.4 is 5.73 Å². The lowest BCUT2D eigenvalue weighted by Crippen LogP contribution is -2.53. The second kappa shape index (κ2) is 3.97. The minimum Gasteiger partial charge on any atom is -0.330 e. The second-order valence-corrected chi connectivity index (χ2v) is 5.19. The van der Waals surface area contributed by atoms with Crippen LogP contribution in [0.25, 0.3) is 0 Å². The van der Waals surface area contributed by atoms with E-state index in [0.29, 0.717) is 11.6 Å². The van der Waals surface area contributed by atoms with Crippen molar-refractivity contribution in [3.63, 3.8) is 0 Å². The van der Waals surface area contributed by atoms with Gasteiger partial charge >= 0.3 is 0 Å². The molecule has 0 radical (unpaired) electrons. The van der Waals surface area contributed by atoms with Crippen molar-refractivity contribution in [1.29, 1.82) is 0 Å². The van der Waals surface area contributed by atoms with Gasteiger partial charge in [-0.25, -0.2) is 0 Å². The Morgan fingerprint density at radius 2 is 2.08 bits per heavy atom. The van der Waals surface area contributed by atoms with Crippen molar-refractivity contribution in [3.05, 3.63) is 0 Å². The maximum atomic E-state index is 5.73. The van der Waals surface area contributed by atoms with Crippen molar-refractivity contribution in [1.82, 2.24) is 4.90 Å². The highest BCUT2D eigenvalue weighted by Gasteiger charge is 2.35. The van der Waals surface area contributed by atoms with Gasteiger partial charge in [0.2, 0.25) is 0 Å². The lowest BCUT2D eigenvalue weighted by molar-refractivity contribution is 0.0228. The zero-order valence-corrected chi connectivity index (χ0v) is 9.51. The maximum absolute atomic E-state index is 5.73. The highest BCUT2D eigenvalue weighted by molar-refractivity contribution is 4.90. The SMILES string of the molecule is CC(C)N1CCC(CN)CC1(C)C. The molecule has 1 unspecified atom stereocenters. The molecule has 1 aliphatic rings. The first kappa shape index (κ1) is 11.0. The Bertz CT molecular complexity index is 163. The van der Waals surface area contributed by atoms with Crippen LogP contribution in [0.1, 0.15) is 40.5 Å². The molecule has 78 valence electrons. The fourth-order valence-corrected chi connectivity index (χ4v) is 2.71. The third kappa shape index (κ3) is 2.44. The lowest BCUT2D eigenvalue weighted by Gasteiger charge is -2.47. The molecule has 1 atom stereocenters. The average Bonchev–Trinajstić information content (AvgIpc) is 2.01. The quantitative estimate of drug-likeness (QED) is 0.709. The predicted octanol–water partition coefficient (Wildman–Crippen LogP) is 1.84. The zero-order chi connectivity index (χ0) is 10.1. The summed E-state index contributed by atoms with van der Waals surface area (Å²) in [4.78, 5) is 2.60. The van der Waals surface area contributed by atoms with E-state index in [0.717, 1.165) is 12.5 Å². The normalized spacial score (nSPS) is 29.5. The van der Waals surface area contributed by atoms with Gasteiger partial charge in [-0.3, -0.25) is 4.90 Å². The molecule has 0 aromatic rings. The van der Waals surface area contributed by atoms with Crippen molar-refractivity contribution in [2.45, 2.75) is 52.1 Å². The fraction of sp³-hybridized carbons (Fsp3) is 1.00. The van der Waals surface area contributed by atoms with Crippen molar-refractivity contribution in [3.8, 4) is 0 Å². The van der Waals surface area contributed by atoms with E-state index in [2.05, 4.69) is 32.6 Å². The van der Waals surface area contributed by atoms with Gasteiger partial charge in [-0.2, -0.15) is 0 Å². The van der Waals surface area contributed by atoms with E-state index in [-0.39, 0.29) is 0 Å². The highest BCUT2D eigenvalue weighted by atomic mass is 15.2. The van der Waals surface area contributed by atoms with Crippen LogP contribution in [0.4, 0.5) is 0 Å². The molecule has 0 aromatic heterocycles. The lowest BCUT2D eigenvalue weighted by atomic mass is 9.82.